The minimum atomic E-state index is -0.849. The Balaban J connectivity index is 3.45. The van der Waals surface area contributed by atoms with Gasteiger partial charge in [0.2, 0.25) is 5.91 Å². The van der Waals surface area contributed by atoms with Crippen LogP contribution in [0.5, 0.6) is 0 Å². The number of allylic oxidation sites excluding steroid dienone is 7. The molecule has 1 amide bonds. The van der Waals surface area contributed by atoms with E-state index in [9.17, 15) is 19.8 Å². The molecule has 0 aromatic carbocycles. The van der Waals surface area contributed by atoms with Gasteiger partial charge in [-0.15, -0.1) is 0 Å². The van der Waals surface area contributed by atoms with Crippen molar-refractivity contribution < 1.29 is 24.5 Å². The standard InChI is InChI=1S/C65H121NO5/c1-3-5-7-9-11-13-15-17-30-35-39-43-47-51-55-59-65(70)71-60-56-52-48-44-40-36-32-29-27-25-23-21-19-20-22-24-26-28-31-34-38-42-46-50-54-58-64(69)66-62(61-67)63(68)57-53-49-45-41-37-33-18-16-14-12-10-8-6-4-2/h17,20-23,30,53,57,62-63,67-68H,3-16,18-19,24-29,31-52,54-56,58-61H2,1-2H3,(H,66,69)/b22-20-,23-21-,30-17-,57-53+. The van der Waals surface area contributed by atoms with Crippen molar-refractivity contribution in [3.8, 4) is 0 Å². The van der Waals surface area contributed by atoms with Gasteiger partial charge in [-0.2, -0.15) is 0 Å². The molecular weight excluding hydrogens is 875 g/mol. The van der Waals surface area contributed by atoms with Gasteiger partial charge in [-0.05, 0) is 89.9 Å². The van der Waals surface area contributed by atoms with E-state index in [0.29, 0.717) is 19.4 Å². The molecule has 0 radical (unpaired) electrons. The van der Waals surface area contributed by atoms with Crippen molar-refractivity contribution in [3.63, 3.8) is 0 Å². The summed E-state index contributed by atoms with van der Waals surface area (Å²) >= 11 is 0. The van der Waals surface area contributed by atoms with E-state index in [2.05, 4.69) is 55.6 Å². The first-order valence-electron chi connectivity index (χ1n) is 31.4. The quantitative estimate of drug-likeness (QED) is 0.0321. The molecular formula is C65H121NO5. The second-order valence-electron chi connectivity index (χ2n) is 21.4. The molecule has 2 atom stereocenters. The molecule has 0 saturated heterocycles. The van der Waals surface area contributed by atoms with Crippen LogP contribution in [0.4, 0.5) is 0 Å². The lowest BCUT2D eigenvalue weighted by molar-refractivity contribution is -0.143. The minimum absolute atomic E-state index is 0.000322. The predicted octanol–water partition coefficient (Wildman–Crippen LogP) is 19.7. The SMILES string of the molecule is CCCCCCCC/C=C\CCCCCCCC(=O)OCCCCCCCCCCC/C=C\C/C=C\CCCCCCCCCCCC(=O)NC(CO)C(O)/C=C/CCCCCCCCCCCCCC. The summed E-state index contributed by atoms with van der Waals surface area (Å²) in [6.07, 6.45) is 77.2. The van der Waals surface area contributed by atoms with Crippen LogP contribution in [0.2, 0.25) is 0 Å². The van der Waals surface area contributed by atoms with E-state index >= 15 is 0 Å². The average Bonchev–Trinajstić information content (AvgIpc) is 3.37. The summed E-state index contributed by atoms with van der Waals surface area (Å²) in [7, 11) is 0. The Kier molecular flexibility index (Phi) is 58.5. The first-order valence-corrected chi connectivity index (χ1v) is 31.4. The molecule has 416 valence electrons. The number of nitrogens with one attached hydrogen (secondary N) is 1. The minimum Gasteiger partial charge on any atom is -0.466 e. The second kappa shape index (κ2) is 60.4. The number of unbranched alkanes of at least 4 members (excludes halogenated alkanes) is 41. The normalized spacial score (nSPS) is 12.9. The third-order valence-electron chi connectivity index (χ3n) is 14.3. The Morgan fingerprint density at radius 2 is 0.704 bits per heavy atom. The van der Waals surface area contributed by atoms with Gasteiger partial charge in [0.1, 0.15) is 0 Å². The highest BCUT2D eigenvalue weighted by atomic mass is 16.5. The van der Waals surface area contributed by atoms with Crippen molar-refractivity contribution in [2.24, 2.45) is 0 Å². The van der Waals surface area contributed by atoms with Crippen LogP contribution in [0.1, 0.15) is 328 Å². The maximum atomic E-state index is 12.5. The molecule has 0 aliphatic rings. The molecule has 0 bridgehead atoms. The van der Waals surface area contributed by atoms with Crippen molar-refractivity contribution in [3.05, 3.63) is 48.6 Å². The molecule has 0 aromatic rings. The number of ether oxygens (including phenoxy) is 1. The molecule has 0 heterocycles. The maximum Gasteiger partial charge on any atom is 0.305 e. The lowest BCUT2D eigenvalue weighted by Gasteiger charge is -2.20. The largest absolute Gasteiger partial charge is 0.466 e. The van der Waals surface area contributed by atoms with Gasteiger partial charge in [-0.1, -0.05) is 274 Å². The number of amides is 1. The lowest BCUT2D eigenvalue weighted by Crippen LogP contribution is -2.45. The first kappa shape index (κ1) is 68.8. The van der Waals surface area contributed by atoms with E-state index in [1.54, 1.807) is 6.08 Å². The van der Waals surface area contributed by atoms with Gasteiger partial charge in [0.25, 0.3) is 0 Å². The highest BCUT2D eigenvalue weighted by molar-refractivity contribution is 5.76. The number of aliphatic hydroxyl groups is 2. The molecule has 0 saturated carbocycles. The number of carbonyl (C=O) groups excluding carboxylic acids is 2. The summed E-state index contributed by atoms with van der Waals surface area (Å²) in [5, 5.41) is 23.1. The van der Waals surface area contributed by atoms with E-state index in [0.717, 1.165) is 51.4 Å². The van der Waals surface area contributed by atoms with Gasteiger partial charge in [0.15, 0.2) is 0 Å². The summed E-state index contributed by atoms with van der Waals surface area (Å²) < 4.78 is 5.48. The second-order valence-corrected chi connectivity index (χ2v) is 21.4. The topological polar surface area (TPSA) is 95.9 Å². The number of esters is 1. The van der Waals surface area contributed by atoms with E-state index in [1.807, 2.05) is 6.08 Å². The van der Waals surface area contributed by atoms with Gasteiger partial charge in [-0.3, -0.25) is 9.59 Å². The van der Waals surface area contributed by atoms with Crippen molar-refractivity contribution >= 4 is 11.9 Å². The lowest BCUT2D eigenvalue weighted by atomic mass is 10.0. The van der Waals surface area contributed by atoms with Crippen LogP contribution in [0.25, 0.3) is 0 Å². The zero-order valence-electron chi connectivity index (χ0n) is 47.5. The average molecular weight is 997 g/mol. The van der Waals surface area contributed by atoms with Crippen molar-refractivity contribution in [1.82, 2.24) is 5.32 Å². The zero-order valence-corrected chi connectivity index (χ0v) is 47.5. The molecule has 0 spiro atoms. The number of hydrogen-bond donors (Lipinski definition) is 3. The number of hydrogen-bond acceptors (Lipinski definition) is 5. The highest BCUT2D eigenvalue weighted by Gasteiger charge is 2.18. The summed E-state index contributed by atoms with van der Waals surface area (Å²) in [5.41, 5.74) is 0. The van der Waals surface area contributed by atoms with E-state index in [1.165, 1.54) is 250 Å². The van der Waals surface area contributed by atoms with Gasteiger partial charge in [0, 0.05) is 12.8 Å². The smallest absolute Gasteiger partial charge is 0.305 e. The van der Waals surface area contributed by atoms with Crippen LogP contribution in [-0.4, -0.2) is 47.4 Å². The van der Waals surface area contributed by atoms with E-state index < -0.39 is 12.1 Å². The third kappa shape index (κ3) is 57.0. The highest BCUT2D eigenvalue weighted by Crippen LogP contribution is 2.16. The van der Waals surface area contributed by atoms with Crippen LogP contribution < -0.4 is 5.32 Å². The van der Waals surface area contributed by atoms with Crippen molar-refractivity contribution in [2.75, 3.05) is 13.2 Å². The van der Waals surface area contributed by atoms with Crippen LogP contribution in [0.15, 0.2) is 48.6 Å². The van der Waals surface area contributed by atoms with E-state index in [-0.39, 0.29) is 18.5 Å². The first-order chi connectivity index (χ1) is 35.0. The molecule has 6 heteroatoms. The fourth-order valence-electron chi connectivity index (χ4n) is 9.48. The molecule has 0 aliphatic carbocycles. The number of aliphatic hydroxyl groups excluding tert-OH is 2. The van der Waals surface area contributed by atoms with Gasteiger partial charge >= 0.3 is 5.97 Å². The van der Waals surface area contributed by atoms with Crippen molar-refractivity contribution in [1.29, 1.82) is 0 Å². The van der Waals surface area contributed by atoms with Crippen LogP contribution in [-0.2, 0) is 14.3 Å². The van der Waals surface area contributed by atoms with Gasteiger partial charge in [-0.25, -0.2) is 0 Å². The Morgan fingerprint density at radius 3 is 1.08 bits per heavy atom. The maximum absolute atomic E-state index is 12.5. The fourth-order valence-corrected chi connectivity index (χ4v) is 9.48. The Labute approximate surface area is 442 Å². The van der Waals surface area contributed by atoms with Crippen LogP contribution >= 0.6 is 0 Å². The van der Waals surface area contributed by atoms with Crippen LogP contribution in [0, 0.1) is 0 Å². The third-order valence-corrected chi connectivity index (χ3v) is 14.3. The van der Waals surface area contributed by atoms with Crippen molar-refractivity contribution in [2.45, 2.75) is 341 Å². The Hall–Kier alpha value is -2.18. The van der Waals surface area contributed by atoms with Crippen LogP contribution in [0.3, 0.4) is 0 Å². The molecule has 0 rings (SSSR count). The number of rotatable bonds is 58. The molecule has 3 N–H and O–H groups in total. The Morgan fingerprint density at radius 1 is 0.394 bits per heavy atom. The van der Waals surface area contributed by atoms with Gasteiger partial charge < -0.3 is 20.3 Å². The molecule has 0 aliphatic heterocycles. The monoisotopic (exact) mass is 996 g/mol. The molecule has 2 unspecified atom stereocenters. The number of carbonyl (C=O) groups is 2. The summed E-state index contributed by atoms with van der Waals surface area (Å²) in [5.74, 6) is -0.0737. The fraction of sp³-hybridized carbons (Fsp3) is 0.846. The Bertz CT molecular complexity index is 1190. The van der Waals surface area contributed by atoms with E-state index in [4.69, 9.17) is 4.74 Å². The predicted molar refractivity (Wildman–Crippen MR) is 310 cm³/mol. The molecule has 0 fully saturated rings. The molecule has 6 nitrogen and oxygen atoms in total. The summed E-state index contributed by atoms with van der Waals surface area (Å²) in [6.45, 7) is 4.89. The molecule has 71 heavy (non-hydrogen) atoms. The zero-order chi connectivity index (χ0) is 51.4. The van der Waals surface area contributed by atoms with Gasteiger partial charge in [0.05, 0.1) is 25.4 Å². The summed E-state index contributed by atoms with van der Waals surface area (Å²) in [4.78, 5) is 24.5. The molecule has 0 aromatic heterocycles. The summed E-state index contributed by atoms with van der Waals surface area (Å²) in [6, 6.07) is -0.633.